The van der Waals surface area contributed by atoms with E-state index in [4.69, 9.17) is 9.97 Å². The lowest BCUT2D eigenvalue weighted by Crippen LogP contribution is -1.94. The van der Waals surface area contributed by atoms with Crippen LogP contribution < -0.4 is 0 Å². The van der Waals surface area contributed by atoms with Crippen molar-refractivity contribution in [2.24, 2.45) is 0 Å². The molecule has 2 aromatic heterocycles. The fourth-order valence-electron chi connectivity index (χ4n) is 7.72. The highest BCUT2D eigenvalue weighted by Gasteiger charge is 2.17. The van der Waals surface area contributed by atoms with Gasteiger partial charge in [0.2, 0.25) is 0 Å². The summed E-state index contributed by atoms with van der Waals surface area (Å²) >= 11 is 0. The Balaban J connectivity index is 1.04. The average molecular weight is 676 g/mol. The van der Waals surface area contributed by atoms with Crippen molar-refractivity contribution >= 4 is 32.6 Å². The Morgan fingerprint density at radius 1 is 0.340 bits per heavy atom. The summed E-state index contributed by atoms with van der Waals surface area (Å²) < 4.78 is 2.36. The third-order valence-corrected chi connectivity index (χ3v) is 10.3. The van der Waals surface area contributed by atoms with Crippen LogP contribution in [-0.4, -0.2) is 14.5 Å². The number of benzene rings is 8. The Hall–Kier alpha value is -7.10. The normalized spacial score (nSPS) is 11.4. The van der Waals surface area contributed by atoms with E-state index in [2.05, 4.69) is 193 Å². The summed E-state index contributed by atoms with van der Waals surface area (Å²) in [6.45, 7) is 0. The Kier molecular flexibility index (Phi) is 7.47. The summed E-state index contributed by atoms with van der Waals surface area (Å²) in [5.41, 5.74) is 13.7. The summed E-state index contributed by atoms with van der Waals surface area (Å²) in [6, 6.07) is 66.9. The largest absolute Gasteiger partial charge is 0.309 e. The SMILES string of the molecule is c1ccc(-c2ccc(-c3ccc(-c4cnc(-c5ccc6c(c5)c5c7ccccc7ccc5n6-c5ccccc5)nc4)cc3-c3ccccc3)cc2)cc1. The second-order valence-electron chi connectivity index (χ2n) is 13.4. The second-order valence-corrected chi connectivity index (χ2v) is 13.4. The molecule has 8 aromatic carbocycles. The van der Waals surface area contributed by atoms with Crippen molar-refractivity contribution in [3.05, 3.63) is 200 Å². The monoisotopic (exact) mass is 675 g/mol. The van der Waals surface area contributed by atoms with Crippen LogP contribution in [0.2, 0.25) is 0 Å². The van der Waals surface area contributed by atoms with Gasteiger partial charge in [0.1, 0.15) is 0 Å². The van der Waals surface area contributed by atoms with Gasteiger partial charge in [-0.15, -0.1) is 0 Å². The third kappa shape index (κ3) is 5.47. The van der Waals surface area contributed by atoms with Crippen molar-refractivity contribution in [2.45, 2.75) is 0 Å². The molecule has 0 unspecified atom stereocenters. The minimum Gasteiger partial charge on any atom is -0.309 e. The number of aromatic nitrogens is 3. The zero-order valence-corrected chi connectivity index (χ0v) is 28.9. The number of para-hydroxylation sites is 1. The summed E-state index contributed by atoms with van der Waals surface area (Å²) in [6.07, 6.45) is 3.90. The molecule has 0 aliphatic rings. The Labute approximate surface area is 308 Å². The van der Waals surface area contributed by atoms with Crippen LogP contribution in [0.3, 0.4) is 0 Å². The number of hydrogen-bond donors (Lipinski definition) is 0. The fraction of sp³-hybridized carbons (Fsp3) is 0. The Bertz CT molecular complexity index is 2890. The first-order chi connectivity index (χ1) is 26.3. The van der Waals surface area contributed by atoms with Crippen LogP contribution in [0.5, 0.6) is 0 Å². The summed E-state index contributed by atoms with van der Waals surface area (Å²) in [5.74, 6) is 0.704. The topological polar surface area (TPSA) is 30.7 Å². The van der Waals surface area contributed by atoms with E-state index in [-0.39, 0.29) is 0 Å². The molecule has 3 heteroatoms. The van der Waals surface area contributed by atoms with Gasteiger partial charge in [-0.1, -0.05) is 146 Å². The number of hydrogen-bond acceptors (Lipinski definition) is 2. The molecule has 10 rings (SSSR count). The maximum Gasteiger partial charge on any atom is 0.159 e. The zero-order valence-electron chi connectivity index (χ0n) is 28.9. The summed E-state index contributed by atoms with van der Waals surface area (Å²) in [4.78, 5) is 9.89. The van der Waals surface area contributed by atoms with Crippen molar-refractivity contribution in [1.82, 2.24) is 14.5 Å². The van der Waals surface area contributed by atoms with Crippen LogP contribution in [0.25, 0.3) is 94.2 Å². The van der Waals surface area contributed by atoms with E-state index in [1.54, 1.807) is 0 Å². The molecule has 53 heavy (non-hydrogen) atoms. The molecule has 2 heterocycles. The molecular weight excluding hydrogens is 643 g/mol. The molecule has 0 fully saturated rings. The molecule has 3 nitrogen and oxygen atoms in total. The van der Waals surface area contributed by atoms with E-state index < -0.39 is 0 Å². The highest BCUT2D eigenvalue weighted by atomic mass is 15.0. The second kappa shape index (κ2) is 12.9. The molecule has 0 aliphatic carbocycles. The number of rotatable bonds is 6. The molecule has 0 saturated heterocycles. The van der Waals surface area contributed by atoms with E-state index in [0.29, 0.717) is 5.82 Å². The first-order valence-corrected chi connectivity index (χ1v) is 18.0. The lowest BCUT2D eigenvalue weighted by atomic mass is 9.91. The first kappa shape index (κ1) is 30.7. The molecule has 0 radical (unpaired) electrons. The van der Waals surface area contributed by atoms with E-state index in [1.807, 2.05) is 12.4 Å². The van der Waals surface area contributed by atoms with Crippen LogP contribution in [0.1, 0.15) is 0 Å². The van der Waals surface area contributed by atoms with Crippen molar-refractivity contribution in [3.63, 3.8) is 0 Å². The smallest absolute Gasteiger partial charge is 0.159 e. The minimum absolute atomic E-state index is 0.704. The standard InChI is InChI=1S/C50H33N3/c1-4-12-34(13-5-1)35-20-22-38(23-21-35)43-27-24-39(30-45(43)36-14-6-2-7-15-36)41-32-51-50(52-33-41)40-26-28-47-46(31-40)49-44-19-11-10-16-37(44)25-29-48(49)53(47)42-17-8-3-9-18-42/h1-33H. The van der Waals surface area contributed by atoms with Gasteiger partial charge in [-0.25, -0.2) is 9.97 Å². The maximum atomic E-state index is 4.94. The van der Waals surface area contributed by atoms with Crippen LogP contribution in [0.15, 0.2) is 200 Å². The fourth-order valence-corrected chi connectivity index (χ4v) is 7.72. The van der Waals surface area contributed by atoms with Crippen LogP contribution in [-0.2, 0) is 0 Å². The molecule has 248 valence electrons. The molecule has 10 aromatic rings. The van der Waals surface area contributed by atoms with Crippen molar-refractivity contribution in [1.29, 1.82) is 0 Å². The van der Waals surface area contributed by atoms with Crippen LogP contribution >= 0.6 is 0 Å². The van der Waals surface area contributed by atoms with Gasteiger partial charge in [0.25, 0.3) is 0 Å². The van der Waals surface area contributed by atoms with Gasteiger partial charge in [0, 0.05) is 40.0 Å². The predicted molar refractivity (Wildman–Crippen MR) is 221 cm³/mol. The van der Waals surface area contributed by atoms with E-state index in [1.165, 1.54) is 60.4 Å². The van der Waals surface area contributed by atoms with Gasteiger partial charge in [-0.05, 0) is 92.2 Å². The first-order valence-electron chi connectivity index (χ1n) is 18.0. The average Bonchev–Trinajstić information content (AvgIpc) is 3.59. The van der Waals surface area contributed by atoms with Gasteiger partial charge in [0.05, 0.1) is 11.0 Å². The van der Waals surface area contributed by atoms with Gasteiger partial charge in [-0.3, -0.25) is 0 Å². The third-order valence-electron chi connectivity index (χ3n) is 10.3. The lowest BCUT2D eigenvalue weighted by Gasteiger charge is -2.14. The van der Waals surface area contributed by atoms with Crippen molar-refractivity contribution in [3.8, 4) is 61.6 Å². The Morgan fingerprint density at radius 3 is 1.66 bits per heavy atom. The zero-order chi connectivity index (χ0) is 35.1. The van der Waals surface area contributed by atoms with E-state index in [9.17, 15) is 0 Å². The predicted octanol–water partition coefficient (Wildman–Crippen LogP) is 13.1. The van der Waals surface area contributed by atoms with E-state index >= 15 is 0 Å². The van der Waals surface area contributed by atoms with Crippen LogP contribution in [0.4, 0.5) is 0 Å². The summed E-state index contributed by atoms with van der Waals surface area (Å²) in [7, 11) is 0. The highest BCUT2D eigenvalue weighted by molar-refractivity contribution is 6.21. The Morgan fingerprint density at radius 2 is 0.906 bits per heavy atom. The molecule has 0 spiro atoms. The molecule has 0 saturated carbocycles. The molecular formula is C50H33N3. The molecule has 0 atom stereocenters. The van der Waals surface area contributed by atoms with Gasteiger partial charge >= 0.3 is 0 Å². The van der Waals surface area contributed by atoms with Gasteiger partial charge in [-0.2, -0.15) is 0 Å². The maximum absolute atomic E-state index is 4.94. The molecule has 0 bridgehead atoms. The van der Waals surface area contributed by atoms with E-state index in [0.717, 1.165) is 27.9 Å². The van der Waals surface area contributed by atoms with Crippen LogP contribution in [0, 0.1) is 0 Å². The number of fused-ring (bicyclic) bond motifs is 5. The molecule has 0 N–H and O–H groups in total. The quantitative estimate of drug-likeness (QED) is 0.176. The van der Waals surface area contributed by atoms with Gasteiger partial charge in [0.15, 0.2) is 5.82 Å². The van der Waals surface area contributed by atoms with Gasteiger partial charge < -0.3 is 4.57 Å². The summed E-state index contributed by atoms with van der Waals surface area (Å²) in [5, 5.41) is 4.89. The number of nitrogens with zero attached hydrogens (tertiary/aromatic N) is 3. The molecule has 0 amide bonds. The lowest BCUT2D eigenvalue weighted by molar-refractivity contribution is 1.17. The van der Waals surface area contributed by atoms with Crippen molar-refractivity contribution in [2.75, 3.05) is 0 Å². The highest BCUT2D eigenvalue weighted by Crippen LogP contribution is 2.39. The molecule has 0 aliphatic heterocycles. The van der Waals surface area contributed by atoms with Crippen molar-refractivity contribution < 1.29 is 0 Å². The minimum atomic E-state index is 0.704.